The SMILES string of the molecule is CCP(CC)c1ccc[cH-]1. The largest absolute Gasteiger partial charge is 0.213 e. The van der Waals surface area contributed by atoms with E-state index in [1.807, 2.05) is 0 Å². The Morgan fingerprint density at radius 2 is 2.10 bits per heavy atom. The first kappa shape index (κ1) is 7.88. The van der Waals surface area contributed by atoms with E-state index < -0.39 is 0 Å². The van der Waals surface area contributed by atoms with Gasteiger partial charge in [-0.25, -0.2) is 12.1 Å². The standard InChI is InChI=1S/C9H14P/c1-3-10(4-2)9-7-5-6-8-9/h5-8H,3-4H2,1-2H3/q-1. The molecule has 0 N–H and O–H groups in total. The molecule has 0 saturated carbocycles. The topological polar surface area (TPSA) is 0 Å². The van der Waals surface area contributed by atoms with Gasteiger partial charge in [-0.1, -0.05) is 13.8 Å². The average molecular weight is 153 g/mol. The zero-order chi connectivity index (χ0) is 7.40. The molecular weight excluding hydrogens is 139 g/mol. The van der Waals surface area contributed by atoms with Gasteiger partial charge in [0, 0.05) is 0 Å². The highest BCUT2D eigenvalue weighted by Crippen LogP contribution is 2.32. The van der Waals surface area contributed by atoms with Crippen LogP contribution in [-0.4, -0.2) is 12.3 Å². The van der Waals surface area contributed by atoms with Crippen molar-refractivity contribution in [3.8, 4) is 0 Å². The lowest BCUT2D eigenvalue weighted by atomic mass is 10.7. The first-order chi connectivity index (χ1) is 4.88. The normalized spacial score (nSPS) is 10.7. The zero-order valence-electron chi connectivity index (χ0n) is 6.67. The van der Waals surface area contributed by atoms with Crippen LogP contribution in [0.25, 0.3) is 0 Å². The molecular formula is C9H14P-. The molecule has 1 heteroatoms. The predicted molar refractivity (Wildman–Crippen MR) is 49.7 cm³/mol. The summed E-state index contributed by atoms with van der Waals surface area (Å²) in [6, 6.07) is 8.77. The Morgan fingerprint density at radius 1 is 1.40 bits per heavy atom. The number of hydrogen-bond acceptors (Lipinski definition) is 0. The van der Waals surface area contributed by atoms with Crippen molar-refractivity contribution >= 4 is 13.2 Å². The minimum Gasteiger partial charge on any atom is -0.213 e. The van der Waals surface area contributed by atoms with Crippen LogP contribution >= 0.6 is 7.92 Å². The van der Waals surface area contributed by atoms with Crippen molar-refractivity contribution in [3.05, 3.63) is 24.3 Å². The minimum absolute atomic E-state index is 0.186. The first-order valence-electron chi connectivity index (χ1n) is 3.85. The molecule has 0 nitrogen and oxygen atoms in total. The Balaban J connectivity index is 2.64. The maximum atomic E-state index is 2.28. The summed E-state index contributed by atoms with van der Waals surface area (Å²) < 4.78 is 0. The molecule has 56 valence electrons. The molecule has 10 heavy (non-hydrogen) atoms. The van der Waals surface area contributed by atoms with Crippen molar-refractivity contribution in [2.24, 2.45) is 0 Å². The molecule has 0 aromatic heterocycles. The quantitative estimate of drug-likeness (QED) is 0.462. The molecule has 0 aliphatic rings. The van der Waals surface area contributed by atoms with Crippen LogP contribution in [0.4, 0.5) is 0 Å². The summed E-state index contributed by atoms with van der Waals surface area (Å²) >= 11 is 0. The van der Waals surface area contributed by atoms with E-state index in [-0.39, 0.29) is 7.92 Å². The van der Waals surface area contributed by atoms with Gasteiger partial charge in [-0.05, 0) is 12.3 Å². The lowest BCUT2D eigenvalue weighted by Gasteiger charge is -2.14. The van der Waals surface area contributed by atoms with Gasteiger partial charge in [-0.2, -0.15) is 12.1 Å². The molecule has 1 aromatic carbocycles. The van der Waals surface area contributed by atoms with Gasteiger partial charge in [0.1, 0.15) is 0 Å². The summed E-state index contributed by atoms with van der Waals surface area (Å²) in [6.07, 6.45) is 2.66. The fourth-order valence-corrected chi connectivity index (χ4v) is 2.93. The summed E-state index contributed by atoms with van der Waals surface area (Å²) in [5.74, 6) is 0. The Bertz CT molecular complexity index is 161. The molecule has 0 fully saturated rings. The van der Waals surface area contributed by atoms with Crippen molar-refractivity contribution in [1.82, 2.24) is 0 Å². The van der Waals surface area contributed by atoms with Gasteiger partial charge in [0.25, 0.3) is 0 Å². The molecule has 0 aliphatic carbocycles. The van der Waals surface area contributed by atoms with Crippen LogP contribution in [-0.2, 0) is 0 Å². The van der Waals surface area contributed by atoms with Crippen molar-refractivity contribution in [3.63, 3.8) is 0 Å². The minimum atomic E-state index is 0.186. The highest BCUT2D eigenvalue weighted by Gasteiger charge is 1.98. The molecule has 1 aromatic rings. The Labute approximate surface area is 64.4 Å². The van der Waals surface area contributed by atoms with Crippen LogP contribution in [0.5, 0.6) is 0 Å². The fourth-order valence-electron chi connectivity index (χ4n) is 1.16. The third kappa shape index (κ3) is 1.64. The van der Waals surface area contributed by atoms with E-state index >= 15 is 0 Å². The Kier molecular flexibility index (Phi) is 3.02. The zero-order valence-corrected chi connectivity index (χ0v) is 7.57. The Morgan fingerprint density at radius 3 is 2.50 bits per heavy atom. The maximum Gasteiger partial charge on any atom is -0.0333 e. The third-order valence-electron chi connectivity index (χ3n) is 1.77. The summed E-state index contributed by atoms with van der Waals surface area (Å²) in [7, 11) is 0.186. The summed E-state index contributed by atoms with van der Waals surface area (Å²) in [5, 5.41) is 1.57. The maximum absolute atomic E-state index is 2.28. The van der Waals surface area contributed by atoms with Crippen LogP contribution in [0.3, 0.4) is 0 Å². The van der Waals surface area contributed by atoms with Gasteiger partial charge >= 0.3 is 0 Å². The molecule has 0 atom stereocenters. The van der Waals surface area contributed by atoms with E-state index in [1.165, 1.54) is 12.3 Å². The van der Waals surface area contributed by atoms with Crippen LogP contribution < -0.4 is 5.30 Å². The van der Waals surface area contributed by atoms with Gasteiger partial charge in [0.2, 0.25) is 0 Å². The Hall–Kier alpha value is -0.220. The van der Waals surface area contributed by atoms with E-state index in [4.69, 9.17) is 0 Å². The van der Waals surface area contributed by atoms with Crippen molar-refractivity contribution < 1.29 is 0 Å². The fraction of sp³-hybridized carbons (Fsp3) is 0.444. The second kappa shape index (κ2) is 3.83. The van der Waals surface area contributed by atoms with E-state index in [2.05, 4.69) is 38.1 Å². The third-order valence-corrected chi connectivity index (χ3v) is 4.33. The molecule has 0 spiro atoms. The van der Waals surface area contributed by atoms with Crippen LogP contribution in [0.15, 0.2) is 24.3 Å². The summed E-state index contributed by atoms with van der Waals surface area (Å²) in [5.41, 5.74) is 0. The molecule has 0 radical (unpaired) electrons. The number of rotatable bonds is 3. The van der Waals surface area contributed by atoms with Gasteiger partial charge in [0.15, 0.2) is 0 Å². The second-order valence-electron chi connectivity index (χ2n) is 2.32. The molecule has 0 saturated heterocycles. The first-order valence-corrected chi connectivity index (χ1v) is 5.56. The van der Waals surface area contributed by atoms with E-state index in [9.17, 15) is 0 Å². The summed E-state index contributed by atoms with van der Waals surface area (Å²) in [4.78, 5) is 0. The predicted octanol–water partition coefficient (Wildman–Crippen LogP) is 2.55. The highest BCUT2D eigenvalue weighted by molar-refractivity contribution is 7.65. The van der Waals surface area contributed by atoms with Crippen LogP contribution in [0.1, 0.15) is 13.8 Å². The van der Waals surface area contributed by atoms with Crippen LogP contribution in [0, 0.1) is 0 Å². The number of hydrogen-bond donors (Lipinski definition) is 0. The van der Waals surface area contributed by atoms with Gasteiger partial charge in [-0.3, -0.25) is 0 Å². The monoisotopic (exact) mass is 153 g/mol. The van der Waals surface area contributed by atoms with E-state index in [0.29, 0.717) is 0 Å². The van der Waals surface area contributed by atoms with E-state index in [1.54, 1.807) is 5.30 Å². The lowest BCUT2D eigenvalue weighted by molar-refractivity contribution is 1.42. The highest BCUT2D eigenvalue weighted by atomic mass is 31.1. The molecule has 0 aliphatic heterocycles. The van der Waals surface area contributed by atoms with Gasteiger partial charge in [-0.15, -0.1) is 13.2 Å². The average Bonchev–Trinajstić information content (AvgIpc) is 2.43. The van der Waals surface area contributed by atoms with Crippen molar-refractivity contribution in [2.75, 3.05) is 12.3 Å². The molecule has 1 rings (SSSR count). The van der Waals surface area contributed by atoms with E-state index in [0.717, 1.165) is 0 Å². The summed E-state index contributed by atoms with van der Waals surface area (Å²) in [6.45, 7) is 4.56. The van der Waals surface area contributed by atoms with Gasteiger partial charge < -0.3 is 0 Å². The van der Waals surface area contributed by atoms with Crippen LogP contribution in [0.2, 0.25) is 0 Å². The molecule has 0 bridgehead atoms. The molecule has 0 unspecified atom stereocenters. The van der Waals surface area contributed by atoms with Crippen molar-refractivity contribution in [1.29, 1.82) is 0 Å². The molecule has 0 amide bonds. The smallest absolute Gasteiger partial charge is 0.0333 e. The molecule has 0 heterocycles. The second-order valence-corrected chi connectivity index (χ2v) is 5.18. The van der Waals surface area contributed by atoms with Crippen molar-refractivity contribution in [2.45, 2.75) is 13.8 Å². The van der Waals surface area contributed by atoms with Gasteiger partial charge in [0.05, 0.1) is 0 Å². The lowest BCUT2D eigenvalue weighted by Crippen LogP contribution is -1.99.